The number of piperidine rings is 2. The molecule has 0 aromatic heterocycles. The lowest BCUT2D eigenvalue weighted by atomic mass is 9.82. The summed E-state index contributed by atoms with van der Waals surface area (Å²) < 4.78 is 0. The summed E-state index contributed by atoms with van der Waals surface area (Å²) in [6, 6.07) is 1.33. The number of rotatable bonds is 4. The van der Waals surface area contributed by atoms with Crippen molar-refractivity contribution in [2.45, 2.75) is 76.0 Å². The number of fused-ring (bicyclic) bond motifs is 2. The molecular formula is C14H27N3O. The van der Waals surface area contributed by atoms with Crippen LogP contribution in [0.15, 0.2) is 0 Å². The molecule has 0 spiro atoms. The van der Waals surface area contributed by atoms with Gasteiger partial charge in [0.25, 0.3) is 0 Å². The third-order valence-corrected chi connectivity index (χ3v) is 4.62. The number of hydrogen-bond donors (Lipinski definition) is 2. The minimum Gasteiger partial charge on any atom is -0.352 e. The fourth-order valence-corrected chi connectivity index (χ4v) is 3.48. The molecular weight excluding hydrogens is 226 g/mol. The molecule has 0 radical (unpaired) electrons. The van der Waals surface area contributed by atoms with Gasteiger partial charge in [-0.15, -0.1) is 0 Å². The van der Waals surface area contributed by atoms with Gasteiger partial charge in [-0.05, 0) is 39.2 Å². The van der Waals surface area contributed by atoms with Crippen molar-refractivity contribution in [3.63, 3.8) is 0 Å². The van der Waals surface area contributed by atoms with Crippen LogP contribution < -0.4 is 11.1 Å². The molecule has 0 aromatic carbocycles. The van der Waals surface area contributed by atoms with Gasteiger partial charge in [-0.25, -0.2) is 0 Å². The third-order valence-electron chi connectivity index (χ3n) is 4.62. The zero-order valence-electron chi connectivity index (χ0n) is 11.7. The predicted octanol–water partition coefficient (Wildman–Crippen LogP) is 1.25. The van der Waals surface area contributed by atoms with Crippen molar-refractivity contribution in [2.75, 3.05) is 7.05 Å². The molecule has 2 aliphatic heterocycles. The van der Waals surface area contributed by atoms with E-state index in [-0.39, 0.29) is 11.9 Å². The maximum absolute atomic E-state index is 12.0. The number of nitrogens with one attached hydrogen (secondary N) is 1. The molecule has 2 aliphatic rings. The van der Waals surface area contributed by atoms with Gasteiger partial charge in [0.15, 0.2) is 0 Å². The number of nitrogens with two attached hydrogens (primary N) is 1. The van der Waals surface area contributed by atoms with Gasteiger partial charge in [0.05, 0.1) is 6.04 Å². The van der Waals surface area contributed by atoms with E-state index in [0.717, 1.165) is 25.7 Å². The van der Waals surface area contributed by atoms with Crippen LogP contribution in [0.5, 0.6) is 0 Å². The summed E-state index contributed by atoms with van der Waals surface area (Å²) in [7, 11) is 2.23. The highest BCUT2D eigenvalue weighted by Gasteiger charge is 2.36. The van der Waals surface area contributed by atoms with Gasteiger partial charge in [-0.1, -0.05) is 19.8 Å². The van der Waals surface area contributed by atoms with E-state index in [0.29, 0.717) is 18.1 Å². The lowest BCUT2D eigenvalue weighted by Crippen LogP contribution is -2.56. The number of amides is 1. The highest BCUT2D eigenvalue weighted by molar-refractivity contribution is 5.81. The van der Waals surface area contributed by atoms with E-state index in [1.807, 2.05) is 0 Å². The van der Waals surface area contributed by atoms with Crippen LogP contribution in [0.4, 0.5) is 0 Å². The summed E-state index contributed by atoms with van der Waals surface area (Å²) in [6.45, 7) is 2.06. The van der Waals surface area contributed by atoms with Crippen LogP contribution in [-0.2, 0) is 4.79 Å². The molecule has 4 heteroatoms. The Balaban J connectivity index is 1.86. The monoisotopic (exact) mass is 253 g/mol. The fraction of sp³-hybridized carbons (Fsp3) is 0.929. The van der Waals surface area contributed by atoms with E-state index in [4.69, 9.17) is 5.73 Å². The van der Waals surface area contributed by atoms with Gasteiger partial charge in [-0.2, -0.15) is 0 Å². The van der Waals surface area contributed by atoms with Gasteiger partial charge < -0.3 is 16.0 Å². The maximum Gasteiger partial charge on any atom is 0.237 e. The quantitative estimate of drug-likeness (QED) is 0.792. The van der Waals surface area contributed by atoms with Gasteiger partial charge in [0.1, 0.15) is 0 Å². The number of nitrogens with zero attached hydrogens (tertiary/aromatic N) is 1. The topological polar surface area (TPSA) is 58.4 Å². The second-order valence-corrected chi connectivity index (χ2v) is 5.98. The molecule has 0 aliphatic carbocycles. The Hall–Kier alpha value is -0.610. The van der Waals surface area contributed by atoms with E-state index in [9.17, 15) is 4.79 Å². The van der Waals surface area contributed by atoms with Crippen LogP contribution in [0.25, 0.3) is 0 Å². The Kier molecular flexibility index (Phi) is 4.62. The van der Waals surface area contributed by atoms with Crippen LogP contribution in [-0.4, -0.2) is 42.0 Å². The zero-order chi connectivity index (χ0) is 13.1. The van der Waals surface area contributed by atoms with Crippen molar-refractivity contribution in [3.8, 4) is 0 Å². The lowest BCUT2D eigenvalue weighted by Gasteiger charge is -2.47. The second kappa shape index (κ2) is 6.02. The van der Waals surface area contributed by atoms with Crippen molar-refractivity contribution in [3.05, 3.63) is 0 Å². The number of hydrogen-bond acceptors (Lipinski definition) is 3. The molecule has 3 unspecified atom stereocenters. The van der Waals surface area contributed by atoms with Gasteiger partial charge in [-0.3, -0.25) is 4.79 Å². The lowest BCUT2D eigenvalue weighted by molar-refractivity contribution is -0.124. The maximum atomic E-state index is 12.0. The van der Waals surface area contributed by atoms with Gasteiger partial charge in [0.2, 0.25) is 5.91 Å². The molecule has 2 bridgehead atoms. The summed E-state index contributed by atoms with van der Waals surface area (Å²) in [6.07, 6.45) is 7.84. The number of carbonyl (C=O) groups is 1. The van der Waals surface area contributed by atoms with E-state index in [1.165, 1.54) is 19.3 Å². The first-order valence-corrected chi connectivity index (χ1v) is 7.39. The third kappa shape index (κ3) is 3.04. The zero-order valence-corrected chi connectivity index (χ0v) is 11.7. The molecule has 0 aromatic rings. The minimum atomic E-state index is -0.325. The Morgan fingerprint density at radius 2 is 2.00 bits per heavy atom. The summed E-state index contributed by atoms with van der Waals surface area (Å²) >= 11 is 0. The van der Waals surface area contributed by atoms with Crippen molar-refractivity contribution >= 4 is 5.91 Å². The van der Waals surface area contributed by atoms with Crippen LogP contribution in [0.3, 0.4) is 0 Å². The molecule has 2 fully saturated rings. The summed E-state index contributed by atoms with van der Waals surface area (Å²) in [5, 5.41) is 3.16. The smallest absolute Gasteiger partial charge is 0.237 e. The first-order chi connectivity index (χ1) is 8.61. The van der Waals surface area contributed by atoms with Gasteiger partial charge >= 0.3 is 0 Å². The molecule has 2 saturated heterocycles. The number of carbonyl (C=O) groups excluding carboxylic acids is 1. The van der Waals surface area contributed by atoms with Gasteiger partial charge in [0, 0.05) is 18.1 Å². The molecule has 18 heavy (non-hydrogen) atoms. The molecule has 1 amide bonds. The molecule has 2 heterocycles. The Morgan fingerprint density at radius 3 is 2.56 bits per heavy atom. The molecule has 0 saturated carbocycles. The van der Waals surface area contributed by atoms with Crippen molar-refractivity contribution in [1.29, 1.82) is 0 Å². The minimum absolute atomic E-state index is 0.0458. The first-order valence-electron chi connectivity index (χ1n) is 7.39. The summed E-state index contributed by atoms with van der Waals surface area (Å²) in [4.78, 5) is 14.5. The molecule has 3 N–H and O–H groups in total. The first kappa shape index (κ1) is 13.8. The van der Waals surface area contributed by atoms with E-state index in [2.05, 4.69) is 24.2 Å². The fourth-order valence-electron chi connectivity index (χ4n) is 3.48. The van der Waals surface area contributed by atoms with Crippen LogP contribution in [0.2, 0.25) is 0 Å². The Morgan fingerprint density at radius 1 is 1.39 bits per heavy atom. The van der Waals surface area contributed by atoms with Crippen molar-refractivity contribution in [1.82, 2.24) is 10.2 Å². The Bertz CT molecular complexity index is 281. The van der Waals surface area contributed by atoms with Crippen LogP contribution in [0.1, 0.15) is 51.9 Å². The van der Waals surface area contributed by atoms with E-state index in [1.54, 1.807) is 0 Å². The highest BCUT2D eigenvalue weighted by Crippen LogP contribution is 2.32. The highest BCUT2D eigenvalue weighted by atomic mass is 16.2. The van der Waals surface area contributed by atoms with E-state index >= 15 is 0 Å². The summed E-state index contributed by atoms with van der Waals surface area (Å²) in [5.41, 5.74) is 5.87. The van der Waals surface area contributed by atoms with Crippen LogP contribution >= 0.6 is 0 Å². The molecule has 4 nitrogen and oxygen atoms in total. The second-order valence-electron chi connectivity index (χ2n) is 5.98. The average molecular weight is 253 g/mol. The SMILES string of the molecule is CCCC(N)C(=O)NC1CC2CCCC(C1)N2C. The Labute approximate surface area is 110 Å². The van der Waals surface area contributed by atoms with Crippen LogP contribution in [0, 0.1) is 0 Å². The van der Waals surface area contributed by atoms with Crippen molar-refractivity contribution < 1.29 is 4.79 Å². The van der Waals surface area contributed by atoms with E-state index < -0.39 is 0 Å². The molecule has 3 atom stereocenters. The predicted molar refractivity (Wildman–Crippen MR) is 73.2 cm³/mol. The normalized spacial score (nSPS) is 34.1. The molecule has 2 rings (SSSR count). The largest absolute Gasteiger partial charge is 0.352 e. The van der Waals surface area contributed by atoms with Crippen molar-refractivity contribution in [2.24, 2.45) is 5.73 Å². The summed E-state index contributed by atoms with van der Waals surface area (Å²) in [5.74, 6) is 0.0458. The standard InChI is InChI=1S/C14H27N3O/c1-3-5-13(15)14(18)16-10-8-11-6-4-7-12(9-10)17(11)2/h10-13H,3-9,15H2,1-2H3,(H,16,18). The molecule has 104 valence electrons. The average Bonchev–Trinajstić information content (AvgIpc) is 2.30.